The number of benzene rings is 2. The van der Waals surface area contributed by atoms with Crippen LogP contribution in [-0.2, 0) is 13.1 Å². The van der Waals surface area contributed by atoms with Gasteiger partial charge in [0.2, 0.25) is 35.7 Å². The molecule has 2 aromatic carbocycles. The first-order valence-corrected chi connectivity index (χ1v) is 12.4. The van der Waals surface area contributed by atoms with E-state index in [0.717, 1.165) is 11.4 Å². The first-order valence-electron chi connectivity index (χ1n) is 10.7. The van der Waals surface area contributed by atoms with E-state index in [1.165, 1.54) is 34.0 Å². The first-order chi connectivity index (χ1) is 16.2. The highest BCUT2D eigenvalue weighted by Crippen LogP contribution is 2.13. The second kappa shape index (κ2) is 14.4. The maximum Gasteiger partial charge on any atom is 0.227 e. The van der Waals surface area contributed by atoms with Gasteiger partial charge in [0.25, 0.3) is 0 Å². The van der Waals surface area contributed by atoms with Gasteiger partial charge in [0.05, 0.1) is 9.75 Å². The van der Waals surface area contributed by atoms with E-state index in [1.54, 1.807) is 46.9 Å². The Bertz CT molecular complexity index is 1200. The molecule has 0 spiro atoms. The van der Waals surface area contributed by atoms with E-state index in [0.29, 0.717) is 24.2 Å². The van der Waals surface area contributed by atoms with Gasteiger partial charge >= 0.3 is 0 Å². The van der Waals surface area contributed by atoms with Gasteiger partial charge in [-0.2, -0.15) is 9.13 Å². The van der Waals surface area contributed by atoms with Crippen LogP contribution in [0.15, 0.2) is 59.6 Å². The summed E-state index contributed by atoms with van der Waals surface area (Å²) in [4.78, 5) is 26.4. The van der Waals surface area contributed by atoms with Crippen LogP contribution in [0.25, 0.3) is 0 Å². The fourth-order valence-corrected chi connectivity index (χ4v) is 4.73. The molecule has 0 radical (unpaired) electrons. The summed E-state index contributed by atoms with van der Waals surface area (Å²) in [6.45, 7) is 8.80. The lowest BCUT2D eigenvalue weighted by Gasteiger charge is -1.98. The molecule has 0 amide bonds. The third-order valence-electron chi connectivity index (χ3n) is 5.60. The third-order valence-corrected chi connectivity index (χ3v) is 7.62. The zero-order chi connectivity index (χ0) is 24.8. The predicted octanol–water partition coefficient (Wildman–Crippen LogP) is -1.51. The van der Waals surface area contributed by atoms with Gasteiger partial charge in [-0.3, -0.25) is 9.59 Å². The largest absolute Gasteiger partial charge is 1.00 e. The first kappa shape index (κ1) is 31.6. The van der Waals surface area contributed by atoms with Gasteiger partial charge in [0, 0.05) is 25.0 Å². The highest BCUT2D eigenvalue weighted by Gasteiger charge is 2.18. The summed E-state index contributed by atoms with van der Waals surface area (Å²) in [6, 6.07) is 12.7. The van der Waals surface area contributed by atoms with E-state index in [2.05, 4.69) is 0 Å². The highest BCUT2D eigenvalue weighted by molar-refractivity contribution is 7.09. The molecule has 2 heterocycles. The Morgan fingerprint density at radius 2 is 0.944 bits per heavy atom. The SMILES string of the molecule is Cc1sc[n+](CC(=O)c2ccc(O)cc2)c1C.Cc1sc[n+](CC(=O)c2ccc(O)cc2)c1C.[Br-].[Br-]. The maximum atomic E-state index is 12.0. The topological polar surface area (TPSA) is 82.4 Å². The quantitative estimate of drug-likeness (QED) is 0.196. The van der Waals surface area contributed by atoms with Crippen LogP contribution in [0.3, 0.4) is 0 Å². The van der Waals surface area contributed by atoms with Crippen molar-refractivity contribution in [1.29, 1.82) is 0 Å². The molecule has 2 N–H and O–H groups in total. The molecular weight excluding hydrogens is 628 g/mol. The summed E-state index contributed by atoms with van der Waals surface area (Å²) < 4.78 is 3.91. The van der Waals surface area contributed by atoms with Crippen LogP contribution in [0.1, 0.15) is 41.9 Å². The van der Waals surface area contributed by atoms with Gasteiger partial charge in [-0.05, 0) is 62.4 Å². The van der Waals surface area contributed by atoms with Crippen molar-refractivity contribution in [2.75, 3.05) is 0 Å². The number of phenolic OH excluding ortho intramolecular Hbond substituents is 2. The minimum atomic E-state index is 0. The molecule has 4 aromatic rings. The third kappa shape index (κ3) is 8.33. The van der Waals surface area contributed by atoms with Crippen LogP contribution in [0, 0.1) is 27.7 Å². The molecule has 0 aliphatic heterocycles. The molecule has 0 aliphatic carbocycles. The number of hydrogen-bond donors (Lipinski definition) is 2. The van der Waals surface area contributed by atoms with Crippen molar-refractivity contribution < 1.29 is 62.9 Å². The van der Waals surface area contributed by atoms with Crippen LogP contribution < -0.4 is 43.1 Å². The normalized spacial score (nSPS) is 9.89. The van der Waals surface area contributed by atoms with Crippen LogP contribution in [0.5, 0.6) is 11.5 Å². The zero-order valence-corrected chi connectivity index (χ0v) is 25.2. The van der Waals surface area contributed by atoms with E-state index < -0.39 is 0 Å². The average molecular weight is 656 g/mol. The number of aromatic nitrogens is 2. The predicted molar refractivity (Wildman–Crippen MR) is 133 cm³/mol. The van der Waals surface area contributed by atoms with Crippen molar-refractivity contribution in [2.45, 2.75) is 40.8 Å². The maximum absolute atomic E-state index is 12.0. The lowest BCUT2D eigenvalue weighted by Crippen LogP contribution is -3.00. The number of aryl methyl sites for hydroxylation is 2. The summed E-state index contributed by atoms with van der Waals surface area (Å²) in [6.07, 6.45) is 0. The molecule has 192 valence electrons. The number of phenols is 2. The summed E-state index contributed by atoms with van der Waals surface area (Å²) in [5.41, 5.74) is 7.42. The highest BCUT2D eigenvalue weighted by atomic mass is 79.9. The fraction of sp³-hybridized carbons (Fsp3) is 0.231. The number of carbonyl (C=O) groups excluding carboxylic acids is 2. The van der Waals surface area contributed by atoms with Crippen molar-refractivity contribution in [2.24, 2.45) is 0 Å². The molecule has 0 bridgehead atoms. The Labute approximate surface area is 240 Å². The molecule has 0 atom stereocenters. The number of thiazole rings is 2. The molecule has 36 heavy (non-hydrogen) atoms. The van der Waals surface area contributed by atoms with Crippen LogP contribution in [0.4, 0.5) is 0 Å². The lowest BCUT2D eigenvalue weighted by molar-refractivity contribution is -0.684. The van der Waals surface area contributed by atoms with Gasteiger partial charge in [0.15, 0.2) is 11.4 Å². The van der Waals surface area contributed by atoms with Gasteiger partial charge in [-0.25, -0.2) is 0 Å². The number of rotatable bonds is 6. The van der Waals surface area contributed by atoms with E-state index >= 15 is 0 Å². The number of hydrogen-bond acceptors (Lipinski definition) is 6. The minimum absolute atomic E-state index is 0. The zero-order valence-electron chi connectivity index (χ0n) is 20.4. The number of carbonyl (C=O) groups is 2. The lowest BCUT2D eigenvalue weighted by atomic mass is 10.1. The van der Waals surface area contributed by atoms with Crippen molar-refractivity contribution in [3.05, 3.63) is 91.8 Å². The second-order valence-corrected chi connectivity index (χ2v) is 10.0. The molecule has 4 rings (SSSR count). The van der Waals surface area contributed by atoms with Gasteiger partial charge in [-0.15, -0.1) is 0 Å². The Hall–Kier alpha value is -2.40. The molecule has 6 nitrogen and oxygen atoms in total. The summed E-state index contributed by atoms with van der Waals surface area (Å²) >= 11 is 3.28. The van der Waals surface area contributed by atoms with E-state index in [1.807, 2.05) is 47.9 Å². The summed E-state index contributed by atoms with van der Waals surface area (Å²) in [7, 11) is 0. The number of aromatic hydroxyl groups is 2. The number of halogens is 2. The van der Waals surface area contributed by atoms with Crippen LogP contribution in [0.2, 0.25) is 0 Å². The Morgan fingerprint density at radius 3 is 1.19 bits per heavy atom. The second-order valence-electron chi connectivity index (χ2n) is 7.93. The van der Waals surface area contributed by atoms with Crippen molar-refractivity contribution in [3.63, 3.8) is 0 Å². The van der Waals surface area contributed by atoms with Crippen molar-refractivity contribution >= 4 is 34.2 Å². The minimum Gasteiger partial charge on any atom is -1.00 e. The van der Waals surface area contributed by atoms with E-state index in [-0.39, 0.29) is 57.0 Å². The Balaban J connectivity index is 0.000000341. The average Bonchev–Trinajstić information content (AvgIpc) is 3.31. The van der Waals surface area contributed by atoms with Crippen LogP contribution >= 0.6 is 22.7 Å². The van der Waals surface area contributed by atoms with Gasteiger partial charge in [0.1, 0.15) is 11.5 Å². The molecule has 0 saturated carbocycles. The molecule has 10 heteroatoms. The van der Waals surface area contributed by atoms with Gasteiger partial charge in [-0.1, -0.05) is 22.7 Å². The molecule has 2 aromatic heterocycles. The fourth-order valence-electron chi connectivity index (χ4n) is 3.12. The monoisotopic (exact) mass is 654 g/mol. The van der Waals surface area contributed by atoms with Crippen LogP contribution in [-0.4, -0.2) is 21.8 Å². The molecule has 0 unspecified atom stereocenters. The number of nitrogens with zero attached hydrogens (tertiary/aromatic N) is 2. The molecule has 0 saturated heterocycles. The van der Waals surface area contributed by atoms with E-state index in [4.69, 9.17) is 10.2 Å². The van der Waals surface area contributed by atoms with Crippen molar-refractivity contribution in [3.8, 4) is 11.5 Å². The number of ketones is 2. The van der Waals surface area contributed by atoms with Gasteiger partial charge < -0.3 is 44.2 Å². The summed E-state index contributed by atoms with van der Waals surface area (Å²) in [5, 5.41) is 18.3. The molecular formula is C26H28Br2N2O4S2. The van der Waals surface area contributed by atoms with E-state index in [9.17, 15) is 9.59 Å². The Morgan fingerprint density at radius 1 is 0.639 bits per heavy atom. The van der Waals surface area contributed by atoms with Crippen molar-refractivity contribution in [1.82, 2.24) is 0 Å². The molecule has 0 aliphatic rings. The number of Topliss-reactive ketones (excluding diaryl/α,β-unsaturated/α-hetero) is 2. The standard InChI is InChI=1S/2C13H13NO2S.2BrH/c2*1-9-10(2)17-8-14(9)7-13(16)11-3-5-12(15)6-4-11;;/h2*3-6,8H,7H2,1-2H3;2*1H. The molecule has 0 fully saturated rings. The summed E-state index contributed by atoms with van der Waals surface area (Å²) in [5.74, 6) is 0.459. The smallest absolute Gasteiger partial charge is 0.227 e. The Kier molecular flexibility index (Phi) is 12.6.